The molecule has 0 aromatic heterocycles. The topological polar surface area (TPSA) is 58.6 Å². The van der Waals surface area contributed by atoms with Crippen molar-refractivity contribution in [3.63, 3.8) is 0 Å². The van der Waals surface area contributed by atoms with Crippen molar-refractivity contribution in [3.05, 3.63) is 78.4 Å². The normalized spacial score (nSPS) is 16.7. The van der Waals surface area contributed by atoms with Crippen LogP contribution in [0.4, 0.5) is 5.69 Å². The standard InChI is InChI=1S/C22H20N2O3/c25-21-13-18(22(26)23-27-15-16-7-2-1-3-8-16)14-24(21)20-12-6-10-17-9-4-5-11-19(17)20/h1-12,18H,13-15H2,(H,23,26)/t18-/m0/s1. The van der Waals surface area contributed by atoms with E-state index < -0.39 is 5.92 Å². The first-order valence-corrected chi connectivity index (χ1v) is 8.96. The zero-order chi connectivity index (χ0) is 18.6. The summed E-state index contributed by atoms with van der Waals surface area (Å²) in [6.07, 6.45) is 0.184. The van der Waals surface area contributed by atoms with Gasteiger partial charge in [-0.2, -0.15) is 0 Å². The lowest BCUT2D eigenvalue weighted by Crippen LogP contribution is -2.33. The minimum atomic E-state index is -0.424. The third kappa shape index (κ3) is 3.68. The number of fused-ring (bicyclic) bond motifs is 1. The summed E-state index contributed by atoms with van der Waals surface area (Å²) in [6.45, 7) is 0.646. The van der Waals surface area contributed by atoms with Gasteiger partial charge < -0.3 is 4.90 Å². The molecule has 0 radical (unpaired) electrons. The second-order valence-corrected chi connectivity index (χ2v) is 6.64. The molecule has 1 fully saturated rings. The predicted octanol–water partition coefficient (Wildman–Crippen LogP) is 3.44. The van der Waals surface area contributed by atoms with Crippen LogP contribution in [0.3, 0.4) is 0 Å². The lowest BCUT2D eigenvalue weighted by atomic mass is 10.1. The zero-order valence-corrected chi connectivity index (χ0v) is 14.8. The summed E-state index contributed by atoms with van der Waals surface area (Å²) < 4.78 is 0. The first-order chi connectivity index (χ1) is 13.2. The third-order valence-corrected chi connectivity index (χ3v) is 4.81. The number of carbonyl (C=O) groups is 2. The van der Waals surface area contributed by atoms with Crippen LogP contribution in [0.1, 0.15) is 12.0 Å². The highest BCUT2D eigenvalue weighted by molar-refractivity contribution is 6.06. The van der Waals surface area contributed by atoms with Crippen molar-refractivity contribution in [3.8, 4) is 0 Å². The average Bonchev–Trinajstić information content (AvgIpc) is 3.10. The van der Waals surface area contributed by atoms with Gasteiger partial charge in [0.2, 0.25) is 11.8 Å². The molecule has 3 aromatic carbocycles. The number of nitrogens with one attached hydrogen (secondary N) is 1. The molecule has 1 atom stereocenters. The third-order valence-electron chi connectivity index (χ3n) is 4.81. The summed E-state index contributed by atoms with van der Waals surface area (Å²) in [7, 11) is 0. The molecule has 3 aromatic rings. The first kappa shape index (κ1) is 17.2. The molecule has 1 aliphatic heterocycles. The Labute approximate surface area is 157 Å². The molecule has 5 nitrogen and oxygen atoms in total. The van der Waals surface area contributed by atoms with Gasteiger partial charge in [-0.3, -0.25) is 14.4 Å². The van der Waals surface area contributed by atoms with Crippen molar-refractivity contribution in [2.24, 2.45) is 5.92 Å². The van der Waals surface area contributed by atoms with Crippen molar-refractivity contribution in [1.29, 1.82) is 0 Å². The smallest absolute Gasteiger partial charge is 0.248 e. The van der Waals surface area contributed by atoms with E-state index in [2.05, 4.69) is 5.48 Å². The molecule has 1 heterocycles. The number of amides is 2. The van der Waals surface area contributed by atoms with Crippen LogP contribution in [0, 0.1) is 5.92 Å². The summed E-state index contributed by atoms with van der Waals surface area (Å²) in [4.78, 5) is 31.9. The van der Waals surface area contributed by atoms with Crippen LogP contribution in [0.25, 0.3) is 10.8 Å². The summed E-state index contributed by atoms with van der Waals surface area (Å²) in [6, 6.07) is 23.4. The fourth-order valence-corrected chi connectivity index (χ4v) is 3.41. The largest absolute Gasteiger partial charge is 0.311 e. The van der Waals surface area contributed by atoms with Crippen LogP contribution in [-0.4, -0.2) is 18.4 Å². The summed E-state index contributed by atoms with van der Waals surface area (Å²) >= 11 is 0. The number of hydroxylamine groups is 1. The van der Waals surface area contributed by atoms with Crippen molar-refractivity contribution in [1.82, 2.24) is 5.48 Å². The second-order valence-electron chi connectivity index (χ2n) is 6.64. The van der Waals surface area contributed by atoms with Gasteiger partial charge in [0.1, 0.15) is 0 Å². The molecule has 0 saturated carbocycles. The number of carbonyl (C=O) groups excluding carboxylic acids is 2. The van der Waals surface area contributed by atoms with Gasteiger partial charge >= 0.3 is 0 Å². The summed E-state index contributed by atoms with van der Waals surface area (Å²) in [5.74, 6) is -0.733. The average molecular weight is 360 g/mol. The number of hydrogen-bond donors (Lipinski definition) is 1. The molecule has 4 rings (SSSR count). The number of rotatable bonds is 5. The Morgan fingerprint density at radius 1 is 1.00 bits per heavy atom. The van der Waals surface area contributed by atoms with Crippen LogP contribution in [0.5, 0.6) is 0 Å². The van der Waals surface area contributed by atoms with Crippen LogP contribution < -0.4 is 10.4 Å². The molecule has 136 valence electrons. The summed E-state index contributed by atoms with van der Waals surface area (Å²) in [5.41, 5.74) is 4.30. The van der Waals surface area contributed by atoms with Crippen molar-refractivity contribution < 1.29 is 14.4 Å². The molecule has 0 spiro atoms. The van der Waals surface area contributed by atoms with E-state index in [9.17, 15) is 9.59 Å². The van der Waals surface area contributed by atoms with Crippen LogP contribution in [0.2, 0.25) is 0 Å². The van der Waals surface area contributed by atoms with Gasteiger partial charge in [0.05, 0.1) is 18.2 Å². The Morgan fingerprint density at radius 2 is 1.74 bits per heavy atom. The van der Waals surface area contributed by atoms with E-state index in [1.807, 2.05) is 72.8 Å². The Hall–Kier alpha value is -3.18. The predicted molar refractivity (Wildman–Crippen MR) is 104 cm³/mol. The van der Waals surface area contributed by atoms with Crippen molar-refractivity contribution >= 4 is 28.3 Å². The molecule has 0 unspecified atom stereocenters. The molecule has 2 amide bonds. The van der Waals surface area contributed by atoms with Gasteiger partial charge in [-0.15, -0.1) is 0 Å². The van der Waals surface area contributed by atoms with Crippen LogP contribution in [-0.2, 0) is 21.0 Å². The van der Waals surface area contributed by atoms with E-state index in [0.717, 1.165) is 22.0 Å². The van der Waals surface area contributed by atoms with Crippen molar-refractivity contribution in [2.75, 3.05) is 11.4 Å². The number of benzene rings is 3. The molecule has 1 aliphatic rings. The Morgan fingerprint density at radius 3 is 2.59 bits per heavy atom. The quantitative estimate of drug-likeness (QED) is 0.709. The minimum Gasteiger partial charge on any atom is -0.311 e. The van der Waals surface area contributed by atoms with E-state index in [1.54, 1.807) is 4.90 Å². The van der Waals surface area contributed by atoms with Crippen LogP contribution >= 0.6 is 0 Å². The number of hydrogen-bond acceptors (Lipinski definition) is 3. The first-order valence-electron chi connectivity index (χ1n) is 8.96. The Bertz CT molecular complexity index is 966. The van der Waals surface area contributed by atoms with E-state index >= 15 is 0 Å². The van der Waals surface area contributed by atoms with Gasteiger partial charge in [-0.05, 0) is 17.0 Å². The lowest BCUT2D eigenvalue weighted by Gasteiger charge is -2.19. The van der Waals surface area contributed by atoms with Crippen LogP contribution in [0.15, 0.2) is 72.8 Å². The zero-order valence-electron chi connectivity index (χ0n) is 14.8. The Balaban J connectivity index is 1.42. The number of anilines is 1. The fraction of sp³-hybridized carbons (Fsp3) is 0.182. The van der Waals surface area contributed by atoms with Gasteiger partial charge in [0, 0.05) is 18.4 Å². The highest BCUT2D eigenvalue weighted by atomic mass is 16.6. The summed E-state index contributed by atoms with van der Waals surface area (Å²) in [5, 5.41) is 2.08. The monoisotopic (exact) mass is 360 g/mol. The highest BCUT2D eigenvalue weighted by Crippen LogP contribution is 2.31. The Kier molecular flexibility index (Phi) is 4.85. The second kappa shape index (κ2) is 7.60. The van der Waals surface area contributed by atoms with E-state index in [4.69, 9.17) is 4.84 Å². The van der Waals surface area contributed by atoms with Gasteiger partial charge in [0.15, 0.2) is 0 Å². The molecule has 0 bridgehead atoms. The highest BCUT2D eigenvalue weighted by Gasteiger charge is 2.35. The maximum atomic E-state index is 12.5. The molecular weight excluding hydrogens is 340 g/mol. The van der Waals surface area contributed by atoms with E-state index in [1.165, 1.54) is 0 Å². The number of nitrogens with zero attached hydrogens (tertiary/aromatic N) is 1. The van der Waals surface area contributed by atoms with E-state index in [0.29, 0.717) is 13.2 Å². The molecule has 1 N–H and O–H groups in total. The van der Waals surface area contributed by atoms with Gasteiger partial charge in [-0.25, -0.2) is 5.48 Å². The molecular formula is C22H20N2O3. The molecule has 0 aliphatic carbocycles. The molecule has 1 saturated heterocycles. The van der Waals surface area contributed by atoms with Crippen molar-refractivity contribution in [2.45, 2.75) is 13.0 Å². The van der Waals surface area contributed by atoms with Gasteiger partial charge in [0.25, 0.3) is 0 Å². The molecule has 27 heavy (non-hydrogen) atoms. The SMILES string of the molecule is O=C(NOCc1ccccc1)[C@H]1CC(=O)N(c2cccc3ccccc23)C1. The minimum absolute atomic E-state index is 0.0467. The molecule has 5 heteroatoms. The fourth-order valence-electron chi connectivity index (χ4n) is 3.41. The maximum absolute atomic E-state index is 12.5. The maximum Gasteiger partial charge on any atom is 0.248 e. The lowest BCUT2D eigenvalue weighted by molar-refractivity contribution is -0.138. The van der Waals surface area contributed by atoms with Gasteiger partial charge in [-0.1, -0.05) is 66.7 Å². The van der Waals surface area contributed by atoms with E-state index in [-0.39, 0.29) is 18.2 Å².